The summed E-state index contributed by atoms with van der Waals surface area (Å²) in [6.45, 7) is 0. The molecule has 1 aromatic rings. The van der Waals surface area contributed by atoms with Crippen molar-refractivity contribution in [3.63, 3.8) is 0 Å². The van der Waals surface area contributed by atoms with E-state index < -0.39 is 0 Å². The maximum atomic E-state index is 5.40. The molecule has 0 unspecified atom stereocenters. The Kier molecular flexibility index (Phi) is 2.73. The van der Waals surface area contributed by atoms with Crippen LogP contribution < -0.4 is 4.74 Å². The minimum absolute atomic E-state index is 0.323. The fourth-order valence-corrected chi connectivity index (χ4v) is 1.59. The number of methoxy groups -OCH3 is 1. The average Bonchev–Trinajstić information content (AvgIpc) is 2.72. The molecule has 1 aliphatic rings. The molecule has 0 radical (unpaired) electrons. The van der Waals surface area contributed by atoms with Gasteiger partial charge in [0.15, 0.2) is 0 Å². The van der Waals surface area contributed by atoms with Crippen LogP contribution in [-0.4, -0.2) is 13.2 Å². The molecule has 14 heavy (non-hydrogen) atoms. The molecule has 0 saturated carbocycles. The van der Waals surface area contributed by atoms with Crippen LogP contribution in [0.15, 0.2) is 36.6 Å². The zero-order valence-corrected chi connectivity index (χ0v) is 8.27. The first-order valence-electron chi connectivity index (χ1n) is 4.82. The fourth-order valence-electron chi connectivity index (χ4n) is 1.59. The van der Waals surface area contributed by atoms with Gasteiger partial charge in [-0.1, -0.05) is 12.1 Å². The van der Waals surface area contributed by atoms with Crippen LogP contribution in [0.2, 0.25) is 0 Å². The maximum Gasteiger partial charge on any atom is 0.118 e. The molecule has 2 heteroatoms. The summed E-state index contributed by atoms with van der Waals surface area (Å²) in [6, 6.07) is 8.14. The lowest BCUT2D eigenvalue weighted by atomic mass is 10.1. The lowest BCUT2D eigenvalue weighted by Crippen LogP contribution is -2.08. The molecule has 1 atom stereocenters. The standard InChI is InChI=1S/C12H14O2/c1-13-11-6-4-10(5-7-11)9-12-3-2-8-14-12/h2,4-8,12H,3,9H2,1H3/t12-/m1/s1. The molecule has 1 aliphatic heterocycles. The van der Waals surface area contributed by atoms with Crippen molar-refractivity contribution < 1.29 is 9.47 Å². The number of hydrogen-bond acceptors (Lipinski definition) is 2. The molecule has 0 spiro atoms. The summed E-state index contributed by atoms with van der Waals surface area (Å²) in [6.07, 6.45) is 6.16. The van der Waals surface area contributed by atoms with Crippen molar-refractivity contribution in [3.8, 4) is 5.75 Å². The van der Waals surface area contributed by atoms with Crippen molar-refractivity contribution in [2.75, 3.05) is 7.11 Å². The Hall–Kier alpha value is -1.44. The Morgan fingerprint density at radius 2 is 2.14 bits per heavy atom. The van der Waals surface area contributed by atoms with Crippen molar-refractivity contribution in [2.45, 2.75) is 18.9 Å². The van der Waals surface area contributed by atoms with Crippen LogP contribution in [0.4, 0.5) is 0 Å². The highest BCUT2D eigenvalue weighted by molar-refractivity contribution is 5.27. The summed E-state index contributed by atoms with van der Waals surface area (Å²) in [4.78, 5) is 0. The molecule has 0 bridgehead atoms. The summed E-state index contributed by atoms with van der Waals surface area (Å²) in [7, 11) is 1.68. The van der Waals surface area contributed by atoms with Crippen molar-refractivity contribution in [3.05, 3.63) is 42.2 Å². The molecule has 0 aliphatic carbocycles. The molecular weight excluding hydrogens is 176 g/mol. The van der Waals surface area contributed by atoms with Crippen LogP contribution >= 0.6 is 0 Å². The van der Waals surface area contributed by atoms with Gasteiger partial charge < -0.3 is 9.47 Å². The summed E-state index contributed by atoms with van der Waals surface area (Å²) in [5.41, 5.74) is 1.29. The van der Waals surface area contributed by atoms with Gasteiger partial charge in [0.2, 0.25) is 0 Å². The highest BCUT2D eigenvalue weighted by atomic mass is 16.5. The molecule has 2 rings (SSSR count). The second-order valence-corrected chi connectivity index (χ2v) is 3.42. The Morgan fingerprint density at radius 1 is 1.36 bits per heavy atom. The zero-order chi connectivity index (χ0) is 9.80. The average molecular weight is 190 g/mol. The molecule has 0 N–H and O–H groups in total. The maximum absolute atomic E-state index is 5.40. The van der Waals surface area contributed by atoms with Crippen LogP contribution in [0.5, 0.6) is 5.75 Å². The lowest BCUT2D eigenvalue weighted by molar-refractivity contribution is 0.170. The number of benzene rings is 1. The molecule has 74 valence electrons. The monoisotopic (exact) mass is 190 g/mol. The molecule has 1 aromatic carbocycles. The third-order valence-electron chi connectivity index (χ3n) is 2.39. The van der Waals surface area contributed by atoms with E-state index in [2.05, 4.69) is 18.2 Å². The second kappa shape index (κ2) is 4.18. The minimum atomic E-state index is 0.323. The first-order chi connectivity index (χ1) is 6.88. The highest BCUT2D eigenvalue weighted by Gasteiger charge is 2.11. The van der Waals surface area contributed by atoms with Gasteiger partial charge >= 0.3 is 0 Å². The van der Waals surface area contributed by atoms with E-state index in [0.29, 0.717) is 6.10 Å². The van der Waals surface area contributed by atoms with Crippen LogP contribution in [0, 0.1) is 0 Å². The summed E-state index contributed by atoms with van der Waals surface area (Å²) in [5.74, 6) is 0.902. The van der Waals surface area contributed by atoms with Crippen LogP contribution in [-0.2, 0) is 11.2 Å². The normalized spacial score (nSPS) is 19.4. The van der Waals surface area contributed by atoms with Gasteiger partial charge in [0.05, 0.1) is 13.4 Å². The third kappa shape index (κ3) is 2.08. The first kappa shape index (κ1) is 9.13. The Labute approximate surface area is 84.2 Å². The molecule has 0 fully saturated rings. The largest absolute Gasteiger partial charge is 0.498 e. The summed E-state index contributed by atoms with van der Waals surface area (Å²) in [5, 5.41) is 0. The number of hydrogen-bond donors (Lipinski definition) is 0. The fraction of sp³-hybridized carbons (Fsp3) is 0.333. The Balaban J connectivity index is 1.96. The highest BCUT2D eigenvalue weighted by Crippen LogP contribution is 2.17. The van der Waals surface area contributed by atoms with Gasteiger partial charge in [-0.15, -0.1) is 0 Å². The second-order valence-electron chi connectivity index (χ2n) is 3.42. The third-order valence-corrected chi connectivity index (χ3v) is 2.39. The van der Waals surface area contributed by atoms with E-state index in [1.807, 2.05) is 12.1 Å². The summed E-state index contributed by atoms with van der Waals surface area (Å²) < 4.78 is 10.5. The van der Waals surface area contributed by atoms with Gasteiger partial charge in [0.25, 0.3) is 0 Å². The van der Waals surface area contributed by atoms with Gasteiger partial charge in [0, 0.05) is 12.8 Å². The van der Waals surface area contributed by atoms with Crippen molar-refractivity contribution in [1.82, 2.24) is 0 Å². The van der Waals surface area contributed by atoms with Crippen molar-refractivity contribution >= 4 is 0 Å². The van der Waals surface area contributed by atoms with E-state index in [1.165, 1.54) is 5.56 Å². The van der Waals surface area contributed by atoms with Crippen molar-refractivity contribution in [1.29, 1.82) is 0 Å². The number of ether oxygens (including phenoxy) is 2. The van der Waals surface area contributed by atoms with Crippen LogP contribution in [0.25, 0.3) is 0 Å². The van der Waals surface area contributed by atoms with Gasteiger partial charge in [-0.2, -0.15) is 0 Å². The Bertz CT molecular complexity index is 306. The predicted octanol–water partition coefficient (Wildman–Crippen LogP) is 2.54. The minimum Gasteiger partial charge on any atom is -0.498 e. The van der Waals surface area contributed by atoms with Gasteiger partial charge in [-0.25, -0.2) is 0 Å². The molecule has 0 saturated heterocycles. The van der Waals surface area contributed by atoms with E-state index in [4.69, 9.17) is 9.47 Å². The van der Waals surface area contributed by atoms with E-state index in [9.17, 15) is 0 Å². The smallest absolute Gasteiger partial charge is 0.118 e. The Morgan fingerprint density at radius 3 is 2.71 bits per heavy atom. The lowest BCUT2D eigenvalue weighted by Gasteiger charge is -2.10. The topological polar surface area (TPSA) is 18.5 Å². The number of rotatable bonds is 3. The molecular formula is C12H14O2. The molecule has 2 nitrogen and oxygen atoms in total. The SMILES string of the molecule is COc1ccc(C[C@H]2CC=CO2)cc1. The molecule has 0 amide bonds. The summed E-state index contributed by atoms with van der Waals surface area (Å²) >= 11 is 0. The van der Waals surface area contributed by atoms with Crippen LogP contribution in [0.3, 0.4) is 0 Å². The van der Waals surface area contributed by atoms with E-state index >= 15 is 0 Å². The zero-order valence-electron chi connectivity index (χ0n) is 8.27. The van der Waals surface area contributed by atoms with Crippen molar-refractivity contribution in [2.24, 2.45) is 0 Å². The predicted molar refractivity (Wildman–Crippen MR) is 55.3 cm³/mol. The molecule has 0 aromatic heterocycles. The van der Waals surface area contributed by atoms with E-state index in [0.717, 1.165) is 18.6 Å². The van der Waals surface area contributed by atoms with Gasteiger partial charge in [0.1, 0.15) is 11.9 Å². The first-order valence-corrected chi connectivity index (χ1v) is 4.82. The molecule has 1 heterocycles. The van der Waals surface area contributed by atoms with Crippen LogP contribution in [0.1, 0.15) is 12.0 Å². The van der Waals surface area contributed by atoms with E-state index in [-0.39, 0.29) is 0 Å². The van der Waals surface area contributed by atoms with E-state index in [1.54, 1.807) is 13.4 Å². The quantitative estimate of drug-likeness (QED) is 0.729. The van der Waals surface area contributed by atoms with Gasteiger partial charge in [-0.3, -0.25) is 0 Å². The van der Waals surface area contributed by atoms with Gasteiger partial charge in [-0.05, 0) is 23.8 Å².